The summed E-state index contributed by atoms with van der Waals surface area (Å²) < 4.78 is 14.2. The van der Waals surface area contributed by atoms with Gasteiger partial charge in [0.25, 0.3) is 0 Å². The van der Waals surface area contributed by atoms with Crippen LogP contribution in [0.5, 0.6) is 0 Å². The van der Waals surface area contributed by atoms with Gasteiger partial charge < -0.3 is 10.6 Å². The Morgan fingerprint density at radius 2 is 2.29 bits per heavy atom. The molecule has 1 aromatic carbocycles. The molecule has 1 fully saturated rings. The number of hydrogen-bond donors (Lipinski definition) is 2. The molecule has 14 heavy (non-hydrogen) atoms. The van der Waals surface area contributed by atoms with Crippen LogP contribution in [-0.2, 0) is 6.54 Å². The Morgan fingerprint density at radius 1 is 1.50 bits per heavy atom. The number of halogens is 2. The van der Waals surface area contributed by atoms with Crippen LogP contribution in [0.3, 0.4) is 0 Å². The third-order valence-corrected chi connectivity index (χ3v) is 2.86. The molecule has 1 heterocycles. The Kier molecular flexibility index (Phi) is 3.15. The molecule has 0 bridgehead atoms. The summed E-state index contributed by atoms with van der Waals surface area (Å²) in [6.07, 6.45) is 0. The maximum atomic E-state index is 13.3. The zero-order valence-corrected chi connectivity index (χ0v) is 9.27. The lowest BCUT2D eigenvalue weighted by Crippen LogP contribution is -2.55. The molecule has 0 aliphatic carbocycles. The topological polar surface area (TPSA) is 24.1 Å². The van der Waals surface area contributed by atoms with Crippen LogP contribution < -0.4 is 10.6 Å². The van der Waals surface area contributed by atoms with Crippen molar-refractivity contribution in [3.8, 4) is 0 Å². The van der Waals surface area contributed by atoms with Crippen molar-refractivity contribution in [1.82, 2.24) is 10.6 Å². The van der Waals surface area contributed by atoms with E-state index in [0.29, 0.717) is 18.2 Å². The van der Waals surface area contributed by atoms with Crippen LogP contribution >= 0.6 is 15.9 Å². The van der Waals surface area contributed by atoms with E-state index in [1.807, 2.05) is 6.07 Å². The summed E-state index contributed by atoms with van der Waals surface area (Å²) in [7, 11) is 0. The first-order valence-electron chi connectivity index (χ1n) is 4.64. The third-order valence-electron chi connectivity index (χ3n) is 2.37. The fourth-order valence-electron chi connectivity index (χ4n) is 1.37. The van der Waals surface area contributed by atoms with E-state index < -0.39 is 0 Å². The van der Waals surface area contributed by atoms with Gasteiger partial charge in [-0.3, -0.25) is 0 Å². The number of hydrogen-bond acceptors (Lipinski definition) is 2. The molecule has 0 amide bonds. The average molecular weight is 259 g/mol. The smallest absolute Gasteiger partial charge is 0.127 e. The van der Waals surface area contributed by atoms with Crippen molar-refractivity contribution >= 4 is 15.9 Å². The van der Waals surface area contributed by atoms with E-state index in [0.717, 1.165) is 17.6 Å². The van der Waals surface area contributed by atoms with E-state index in [9.17, 15) is 4.39 Å². The molecular weight excluding hydrogens is 247 g/mol. The first-order chi connectivity index (χ1) is 6.75. The summed E-state index contributed by atoms with van der Waals surface area (Å²) in [5.74, 6) is -0.145. The van der Waals surface area contributed by atoms with Gasteiger partial charge in [-0.2, -0.15) is 0 Å². The van der Waals surface area contributed by atoms with Gasteiger partial charge in [0.2, 0.25) is 0 Å². The molecule has 2 rings (SSSR count). The summed E-state index contributed by atoms with van der Waals surface area (Å²) >= 11 is 3.33. The Hall–Kier alpha value is -0.450. The van der Waals surface area contributed by atoms with Gasteiger partial charge in [-0.05, 0) is 18.2 Å². The maximum absolute atomic E-state index is 13.3. The van der Waals surface area contributed by atoms with Gasteiger partial charge in [-0.15, -0.1) is 0 Å². The number of nitrogens with one attached hydrogen (secondary N) is 2. The van der Waals surface area contributed by atoms with Gasteiger partial charge in [-0.1, -0.05) is 15.9 Å². The van der Waals surface area contributed by atoms with Crippen LogP contribution in [0.15, 0.2) is 22.7 Å². The van der Waals surface area contributed by atoms with Crippen molar-refractivity contribution in [2.45, 2.75) is 12.6 Å². The average Bonchev–Trinajstić information content (AvgIpc) is 2.08. The Bertz CT molecular complexity index is 326. The first kappa shape index (κ1) is 10.1. The van der Waals surface area contributed by atoms with Crippen molar-refractivity contribution in [3.63, 3.8) is 0 Å². The molecule has 0 unspecified atom stereocenters. The lowest BCUT2D eigenvalue weighted by atomic mass is 10.1. The van der Waals surface area contributed by atoms with Gasteiger partial charge >= 0.3 is 0 Å². The van der Waals surface area contributed by atoms with Crippen molar-refractivity contribution in [1.29, 1.82) is 0 Å². The van der Waals surface area contributed by atoms with E-state index in [1.165, 1.54) is 6.07 Å². The highest BCUT2D eigenvalue weighted by atomic mass is 79.9. The Labute approximate surface area is 91.0 Å². The fourth-order valence-corrected chi connectivity index (χ4v) is 1.77. The van der Waals surface area contributed by atoms with Crippen LogP contribution in [0.2, 0.25) is 0 Å². The van der Waals surface area contributed by atoms with E-state index in [2.05, 4.69) is 26.6 Å². The minimum Gasteiger partial charge on any atom is -0.314 e. The lowest BCUT2D eigenvalue weighted by molar-refractivity contribution is 0.363. The summed E-state index contributed by atoms with van der Waals surface area (Å²) in [5, 5.41) is 6.44. The number of rotatable bonds is 3. The molecule has 1 saturated heterocycles. The molecule has 0 spiro atoms. The molecule has 76 valence electrons. The van der Waals surface area contributed by atoms with Crippen LogP contribution in [0.1, 0.15) is 5.56 Å². The maximum Gasteiger partial charge on any atom is 0.127 e. The minimum atomic E-state index is -0.145. The molecule has 1 aromatic rings. The first-order valence-corrected chi connectivity index (χ1v) is 5.43. The molecular formula is C10H12BrFN2. The molecule has 1 aliphatic heterocycles. The normalized spacial score (nSPS) is 16.7. The van der Waals surface area contributed by atoms with E-state index in [-0.39, 0.29) is 5.82 Å². The van der Waals surface area contributed by atoms with Crippen LogP contribution in [0.25, 0.3) is 0 Å². The quantitative estimate of drug-likeness (QED) is 0.862. The predicted octanol–water partition coefficient (Wildman–Crippen LogP) is 1.65. The van der Waals surface area contributed by atoms with Crippen molar-refractivity contribution in [2.24, 2.45) is 0 Å². The second-order valence-corrected chi connectivity index (χ2v) is 4.39. The SMILES string of the molecule is Fc1ccc(Br)cc1CNC1CNC1. The fraction of sp³-hybridized carbons (Fsp3) is 0.400. The highest BCUT2D eigenvalue weighted by molar-refractivity contribution is 9.10. The van der Waals surface area contributed by atoms with E-state index in [1.54, 1.807) is 6.07 Å². The van der Waals surface area contributed by atoms with Gasteiger partial charge in [0.05, 0.1) is 0 Å². The highest BCUT2D eigenvalue weighted by Gasteiger charge is 2.15. The van der Waals surface area contributed by atoms with Crippen molar-refractivity contribution < 1.29 is 4.39 Å². The van der Waals surface area contributed by atoms with Crippen molar-refractivity contribution in [2.75, 3.05) is 13.1 Å². The molecule has 0 saturated carbocycles. The molecule has 2 N–H and O–H groups in total. The summed E-state index contributed by atoms with van der Waals surface area (Å²) in [4.78, 5) is 0. The largest absolute Gasteiger partial charge is 0.314 e. The monoisotopic (exact) mass is 258 g/mol. The lowest BCUT2D eigenvalue weighted by Gasteiger charge is -2.28. The van der Waals surface area contributed by atoms with Crippen LogP contribution in [0, 0.1) is 5.82 Å². The molecule has 0 aromatic heterocycles. The van der Waals surface area contributed by atoms with Crippen molar-refractivity contribution in [3.05, 3.63) is 34.1 Å². The molecule has 2 nitrogen and oxygen atoms in total. The Morgan fingerprint density at radius 3 is 2.93 bits per heavy atom. The molecule has 0 atom stereocenters. The second kappa shape index (κ2) is 4.38. The summed E-state index contributed by atoms with van der Waals surface area (Å²) in [6, 6.07) is 5.51. The zero-order valence-electron chi connectivity index (χ0n) is 7.69. The van der Waals surface area contributed by atoms with Gasteiger partial charge in [0.1, 0.15) is 5.82 Å². The third kappa shape index (κ3) is 2.32. The second-order valence-electron chi connectivity index (χ2n) is 3.47. The van der Waals surface area contributed by atoms with Gasteiger partial charge in [-0.25, -0.2) is 4.39 Å². The van der Waals surface area contributed by atoms with E-state index in [4.69, 9.17) is 0 Å². The van der Waals surface area contributed by atoms with Crippen LogP contribution in [0.4, 0.5) is 4.39 Å². The van der Waals surface area contributed by atoms with E-state index >= 15 is 0 Å². The standard InChI is InChI=1S/C10H12BrFN2/c11-8-1-2-10(12)7(3-8)4-14-9-5-13-6-9/h1-3,9,13-14H,4-6H2. The minimum absolute atomic E-state index is 0.145. The zero-order chi connectivity index (χ0) is 9.97. The number of benzene rings is 1. The predicted molar refractivity (Wildman–Crippen MR) is 57.6 cm³/mol. The molecule has 0 radical (unpaired) electrons. The van der Waals surface area contributed by atoms with Gasteiger partial charge in [0, 0.05) is 35.7 Å². The Balaban J connectivity index is 1.96. The molecule has 4 heteroatoms. The summed E-state index contributed by atoms with van der Waals surface area (Å²) in [6.45, 7) is 2.56. The van der Waals surface area contributed by atoms with Crippen LogP contribution in [-0.4, -0.2) is 19.1 Å². The highest BCUT2D eigenvalue weighted by Crippen LogP contribution is 2.15. The van der Waals surface area contributed by atoms with Gasteiger partial charge in [0.15, 0.2) is 0 Å². The summed E-state index contributed by atoms with van der Waals surface area (Å²) in [5.41, 5.74) is 0.714. The molecule has 1 aliphatic rings.